The molecule has 0 saturated heterocycles. The number of carbonyl (C=O) groups is 1. The number of rotatable bonds is 6. The lowest BCUT2D eigenvalue weighted by atomic mass is 10.0. The predicted molar refractivity (Wildman–Crippen MR) is 102 cm³/mol. The van der Waals surface area contributed by atoms with Gasteiger partial charge in [-0.1, -0.05) is 12.2 Å². The number of nitrogens with two attached hydrogens (primary N) is 1. The van der Waals surface area contributed by atoms with Crippen LogP contribution >= 0.6 is 0 Å². The average Bonchev–Trinajstić information content (AvgIpc) is 3.04. The number of carbonyl (C=O) groups excluding carboxylic acids is 1. The number of nitrogens with one attached hydrogen (secondary N) is 4. The molecule has 0 fully saturated rings. The minimum absolute atomic E-state index is 0.194. The lowest BCUT2D eigenvalue weighted by molar-refractivity contribution is -0.118. The van der Waals surface area contributed by atoms with E-state index >= 15 is 0 Å². The van der Waals surface area contributed by atoms with Gasteiger partial charge in [0.05, 0.1) is 5.70 Å². The van der Waals surface area contributed by atoms with Crippen LogP contribution in [0.3, 0.4) is 0 Å². The second-order valence-electron chi connectivity index (χ2n) is 6.51. The standard InChI is InChI=1S/C19H26N6O/c1-12(20)8-16(21-2)19(26)25-17-6-5-13(10-23-17)9-14-11-24-18-15(14)4-3-7-22-18/h4-6,8,10-12,17,21,23H,3,7,9,20H2,1-2H3,(H,22,24)(H,25,26)/b16-8-. The molecule has 2 atom stereocenters. The minimum Gasteiger partial charge on any atom is -0.384 e. The lowest BCUT2D eigenvalue weighted by Gasteiger charge is -2.21. The fraction of sp³-hybridized carbons (Fsp3) is 0.368. The number of likely N-dealkylation sites (N-methyl/N-ethyl adjacent to an activating group) is 1. The number of hydrogen-bond acceptors (Lipinski definition) is 5. The molecule has 0 aromatic carbocycles. The first kappa shape index (κ1) is 18.0. The Labute approximate surface area is 152 Å². The molecule has 2 aliphatic heterocycles. The first-order valence-corrected chi connectivity index (χ1v) is 8.87. The van der Waals surface area contributed by atoms with Gasteiger partial charge >= 0.3 is 0 Å². The smallest absolute Gasteiger partial charge is 0.268 e. The maximum atomic E-state index is 12.3. The zero-order chi connectivity index (χ0) is 18.5. The van der Waals surface area contributed by atoms with Gasteiger partial charge in [-0.15, -0.1) is 0 Å². The van der Waals surface area contributed by atoms with Gasteiger partial charge in [-0.05, 0) is 36.6 Å². The number of H-pyrrole nitrogens is 1. The van der Waals surface area contributed by atoms with Gasteiger partial charge in [-0.3, -0.25) is 9.79 Å². The molecular formula is C19H26N6O. The third kappa shape index (κ3) is 4.23. The number of allylic oxidation sites excluding steroid dienone is 2. The second kappa shape index (κ2) is 8.05. The quantitative estimate of drug-likeness (QED) is 0.435. The number of dihydropyridines is 1. The van der Waals surface area contributed by atoms with Gasteiger partial charge in [-0.25, -0.2) is 0 Å². The van der Waals surface area contributed by atoms with E-state index in [-0.39, 0.29) is 18.1 Å². The molecule has 1 amide bonds. The highest BCUT2D eigenvalue weighted by molar-refractivity contribution is 5.93. The minimum atomic E-state index is -0.252. The highest BCUT2D eigenvalue weighted by Crippen LogP contribution is 2.09. The number of aromatic nitrogens is 1. The fourth-order valence-corrected chi connectivity index (χ4v) is 3.05. The molecule has 0 aliphatic carbocycles. The second-order valence-corrected chi connectivity index (χ2v) is 6.51. The summed E-state index contributed by atoms with van der Waals surface area (Å²) in [5, 5.41) is 10.2. The summed E-state index contributed by atoms with van der Waals surface area (Å²) in [5.74, 6) is -0.195. The Balaban J connectivity index is 1.60. The van der Waals surface area contributed by atoms with E-state index in [2.05, 4.69) is 32.0 Å². The summed E-state index contributed by atoms with van der Waals surface area (Å²) >= 11 is 0. The third-order valence-corrected chi connectivity index (χ3v) is 4.31. The molecule has 2 unspecified atom stereocenters. The monoisotopic (exact) mass is 354 g/mol. The van der Waals surface area contributed by atoms with Gasteiger partial charge in [0.15, 0.2) is 0 Å². The Kier molecular flexibility index (Phi) is 5.58. The summed E-state index contributed by atoms with van der Waals surface area (Å²) in [7, 11) is 1.71. The maximum Gasteiger partial charge on any atom is 0.268 e. The first-order chi connectivity index (χ1) is 12.6. The molecule has 3 heterocycles. The van der Waals surface area contributed by atoms with Crippen LogP contribution in [0.4, 0.5) is 0 Å². The first-order valence-electron chi connectivity index (χ1n) is 8.87. The van der Waals surface area contributed by atoms with E-state index in [0.29, 0.717) is 5.70 Å². The van der Waals surface area contributed by atoms with E-state index in [1.165, 1.54) is 10.8 Å². The van der Waals surface area contributed by atoms with Crippen molar-refractivity contribution < 1.29 is 4.79 Å². The molecule has 0 radical (unpaired) electrons. The van der Waals surface area contributed by atoms with Crippen LogP contribution in [0.15, 0.2) is 46.9 Å². The highest BCUT2D eigenvalue weighted by atomic mass is 16.2. The van der Waals surface area contributed by atoms with Gasteiger partial charge in [0.2, 0.25) is 0 Å². The van der Waals surface area contributed by atoms with Crippen molar-refractivity contribution in [3.63, 3.8) is 0 Å². The molecule has 7 nitrogen and oxygen atoms in total. The van der Waals surface area contributed by atoms with E-state index in [1.807, 2.05) is 31.5 Å². The Morgan fingerprint density at radius 3 is 3.08 bits per heavy atom. The molecule has 3 rings (SSSR count). The number of nitrogens with zero attached hydrogens (tertiary/aromatic N) is 1. The SMILES string of the molecule is CN/C(=C\C(C)N)C(=O)NC1C=CC(Cc2c[nH]c3c2=CCCN=3)=CN1. The van der Waals surface area contributed by atoms with E-state index in [1.54, 1.807) is 13.1 Å². The van der Waals surface area contributed by atoms with Crippen LogP contribution in [0.1, 0.15) is 18.9 Å². The van der Waals surface area contributed by atoms with Crippen molar-refractivity contribution in [3.8, 4) is 0 Å². The van der Waals surface area contributed by atoms with Gasteiger partial charge in [-0.2, -0.15) is 0 Å². The van der Waals surface area contributed by atoms with Crippen molar-refractivity contribution >= 4 is 12.0 Å². The van der Waals surface area contributed by atoms with Gasteiger partial charge < -0.3 is 26.7 Å². The molecule has 7 heteroatoms. The van der Waals surface area contributed by atoms with Crippen molar-refractivity contribution in [2.24, 2.45) is 10.7 Å². The molecule has 0 spiro atoms. The summed E-state index contributed by atoms with van der Waals surface area (Å²) in [6, 6.07) is -0.194. The third-order valence-electron chi connectivity index (χ3n) is 4.31. The molecule has 0 bridgehead atoms. The van der Waals surface area contributed by atoms with Crippen LogP contribution in [0.2, 0.25) is 0 Å². The Morgan fingerprint density at radius 1 is 1.54 bits per heavy atom. The van der Waals surface area contributed by atoms with Gasteiger partial charge in [0, 0.05) is 43.7 Å². The molecule has 2 aliphatic rings. The predicted octanol–water partition coefficient (Wildman–Crippen LogP) is -0.703. The molecule has 6 N–H and O–H groups in total. The van der Waals surface area contributed by atoms with Crippen molar-refractivity contribution in [2.45, 2.75) is 32.0 Å². The van der Waals surface area contributed by atoms with Crippen LogP contribution < -0.4 is 32.4 Å². The van der Waals surface area contributed by atoms with Crippen molar-refractivity contribution in [3.05, 3.63) is 58.2 Å². The van der Waals surface area contributed by atoms with Crippen molar-refractivity contribution in [1.82, 2.24) is 20.9 Å². The van der Waals surface area contributed by atoms with E-state index in [4.69, 9.17) is 5.73 Å². The largest absolute Gasteiger partial charge is 0.384 e. The molecule has 0 saturated carbocycles. The topological polar surface area (TPSA) is 107 Å². The van der Waals surface area contributed by atoms with E-state index in [9.17, 15) is 4.79 Å². The van der Waals surface area contributed by atoms with Gasteiger partial charge in [0.1, 0.15) is 11.7 Å². The van der Waals surface area contributed by atoms with Crippen LogP contribution in [0, 0.1) is 0 Å². The number of aromatic amines is 1. The zero-order valence-electron chi connectivity index (χ0n) is 15.2. The van der Waals surface area contributed by atoms with Crippen LogP contribution in [-0.2, 0) is 11.2 Å². The summed E-state index contributed by atoms with van der Waals surface area (Å²) in [5.41, 5.74) is 9.55. The Morgan fingerprint density at radius 2 is 2.38 bits per heavy atom. The number of hydrogen-bond donors (Lipinski definition) is 5. The molecule has 26 heavy (non-hydrogen) atoms. The molecule has 1 aromatic heterocycles. The van der Waals surface area contributed by atoms with Crippen molar-refractivity contribution in [1.29, 1.82) is 0 Å². The van der Waals surface area contributed by atoms with Crippen LogP contribution in [0.25, 0.3) is 6.08 Å². The molecular weight excluding hydrogens is 328 g/mol. The average molecular weight is 354 g/mol. The fourth-order valence-electron chi connectivity index (χ4n) is 3.05. The maximum absolute atomic E-state index is 12.3. The van der Waals surface area contributed by atoms with Crippen LogP contribution in [0.5, 0.6) is 0 Å². The van der Waals surface area contributed by atoms with E-state index < -0.39 is 0 Å². The lowest BCUT2D eigenvalue weighted by Crippen LogP contribution is -2.45. The van der Waals surface area contributed by atoms with Crippen molar-refractivity contribution in [2.75, 3.05) is 13.6 Å². The van der Waals surface area contributed by atoms with E-state index in [0.717, 1.165) is 30.4 Å². The Hall–Kier alpha value is -2.80. The molecule has 1 aromatic rings. The highest BCUT2D eigenvalue weighted by Gasteiger charge is 2.15. The Bertz CT molecular complexity index is 874. The summed E-state index contributed by atoms with van der Waals surface area (Å²) < 4.78 is 0. The summed E-state index contributed by atoms with van der Waals surface area (Å²) in [6.45, 7) is 2.67. The van der Waals surface area contributed by atoms with Crippen LogP contribution in [-0.4, -0.2) is 36.7 Å². The van der Waals surface area contributed by atoms with Gasteiger partial charge in [0.25, 0.3) is 5.91 Å². The summed E-state index contributed by atoms with van der Waals surface area (Å²) in [4.78, 5) is 20.0. The number of fused-ring (bicyclic) bond motifs is 1. The zero-order valence-corrected chi connectivity index (χ0v) is 15.2. The number of amides is 1. The molecule has 138 valence electrons. The summed E-state index contributed by atoms with van der Waals surface area (Å²) in [6.07, 6.45) is 13.4. The normalized spacial score (nSPS) is 20.0.